The van der Waals surface area contributed by atoms with Gasteiger partial charge in [0.1, 0.15) is 0 Å². The van der Waals surface area contributed by atoms with E-state index in [-0.39, 0.29) is 12.5 Å². The Morgan fingerprint density at radius 3 is 2.70 bits per heavy atom. The maximum absolute atomic E-state index is 11.4. The molecule has 0 aliphatic heterocycles. The first-order valence-corrected chi connectivity index (χ1v) is 6.33. The summed E-state index contributed by atoms with van der Waals surface area (Å²) in [6.45, 7) is 1.44. The first kappa shape index (κ1) is 16.0. The lowest BCUT2D eigenvalue weighted by molar-refractivity contribution is -0.118. The van der Waals surface area contributed by atoms with Crippen LogP contribution in [-0.4, -0.2) is 43.6 Å². The van der Waals surface area contributed by atoms with Gasteiger partial charge in [0.2, 0.25) is 5.91 Å². The van der Waals surface area contributed by atoms with Crippen LogP contribution in [0.25, 0.3) is 0 Å². The van der Waals surface area contributed by atoms with Crippen molar-refractivity contribution < 1.29 is 14.3 Å². The van der Waals surface area contributed by atoms with Crippen LogP contribution < -0.4 is 11.1 Å². The van der Waals surface area contributed by atoms with Gasteiger partial charge in [0.15, 0.2) is 0 Å². The summed E-state index contributed by atoms with van der Waals surface area (Å²) in [6, 6.07) is 9.20. The number of amides is 3. The lowest BCUT2D eigenvalue weighted by Crippen LogP contribution is -2.39. The molecule has 0 saturated heterocycles. The van der Waals surface area contributed by atoms with E-state index >= 15 is 0 Å². The molecule has 1 aromatic rings. The van der Waals surface area contributed by atoms with Gasteiger partial charge < -0.3 is 20.7 Å². The molecule has 0 bridgehead atoms. The lowest BCUT2D eigenvalue weighted by Gasteiger charge is -2.14. The average Bonchev–Trinajstić information content (AvgIpc) is 2.44. The van der Waals surface area contributed by atoms with Crippen LogP contribution >= 0.6 is 0 Å². The summed E-state index contributed by atoms with van der Waals surface area (Å²) in [6.07, 6.45) is 1.42. The topological polar surface area (TPSA) is 84.7 Å². The molecule has 20 heavy (non-hydrogen) atoms. The maximum Gasteiger partial charge on any atom is 0.314 e. The van der Waals surface area contributed by atoms with Gasteiger partial charge in [0.05, 0.1) is 19.6 Å². The third-order valence-electron chi connectivity index (χ3n) is 2.62. The fourth-order valence-electron chi connectivity index (χ4n) is 1.41. The molecule has 0 heterocycles. The number of hydrogen-bond acceptors (Lipinski definition) is 3. The first-order chi connectivity index (χ1) is 9.59. The molecule has 0 spiro atoms. The Labute approximate surface area is 118 Å². The second-order valence-electron chi connectivity index (χ2n) is 4.26. The van der Waals surface area contributed by atoms with Gasteiger partial charge in [0.25, 0.3) is 0 Å². The van der Waals surface area contributed by atoms with Gasteiger partial charge in [-0.15, -0.1) is 0 Å². The number of nitrogens with two attached hydrogens (primary N) is 1. The second-order valence-corrected chi connectivity index (χ2v) is 4.26. The summed E-state index contributed by atoms with van der Waals surface area (Å²) >= 11 is 0. The lowest BCUT2D eigenvalue weighted by atomic mass is 10.2. The molecule has 0 aromatic heterocycles. The maximum atomic E-state index is 11.4. The molecule has 0 aliphatic rings. The van der Waals surface area contributed by atoms with E-state index < -0.39 is 6.03 Å². The van der Waals surface area contributed by atoms with Crippen LogP contribution in [0.2, 0.25) is 0 Å². The number of carbonyl (C=O) groups is 2. The predicted octanol–water partition coefficient (Wildman–Crippen LogP) is 0.534. The third kappa shape index (κ3) is 6.75. The van der Waals surface area contributed by atoms with E-state index in [1.807, 2.05) is 30.3 Å². The minimum atomic E-state index is -0.519. The van der Waals surface area contributed by atoms with Crippen LogP contribution in [0.5, 0.6) is 0 Å². The molecule has 1 aromatic carbocycles. The Bertz CT molecular complexity index is 423. The summed E-state index contributed by atoms with van der Waals surface area (Å²) in [5.41, 5.74) is 6.11. The smallest absolute Gasteiger partial charge is 0.314 e. The first-order valence-electron chi connectivity index (χ1n) is 6.33. The molecule has 3 N–H and O–H groups in total. The van der Waals surface area contributed by atoms with Crippen LogP contribution in [0, 0.1) is 6.42 Å². The van der Waals surface area contributed by atoms with Crippen molar-refractivity contribution in [3.05, 3.63) is 42.3 Å². The Kier molecular flexibility index (Phi) is 7.13. The fraction of sp³-hybridized carbons (Fsp3) is 0.357. The van der Waals surface area contributed by atoms with Gasteiger partial charge in [-0.3, -0.25) is 4.79 Å². The van der Waals surface area contributed by atoms with E-state index in [1.54, 1.807) is 7.05 Å². The largest absolute Gasteiger partial charge is 0.376 e. The van der Waals surface area contributed by atoms with Crippen molar-refractivity contribution in [3.8, 4) is 0 Å². The fourth-order valence-corrected chi connectivity index (χ4v) is 1.41. The number of rotatable bonds is 8. The summed E-state index contributed by atoms with van der Waals surface area (Å²) < 4.78 is 5.36. The number of nitrogens with one attached hydrogen (secondary N) is 1. The number of nitrogens with zero attached hydrogens (tertiary/aromatic N) is 1. The minimum absolute atomic E-state index is 0.226. The number of likely N-dealkylation sites (N-methyl/N-ethyl adjacent to an activating group) is 1. The minimum Gasteiger partial charge on any atom is -0.376 e. The molecule has 109 valence electrons. The molecule has 3 amide bonds. The number of benzene rings is 1. The van der Waals surface area contributed by atoms with E-state index in [0.717, 1.165) is 5.56 Å². The summed E-state index contributed by atoms with van der Waals surface area (Å²) in [5.74, 6) is -0.226. The molecule has 6 heteroatoms. The van der Waals surface area contributed by atoms with Gasteiger partial charge in [-0.1, -0.05) is 30.3 Å². The highest BCUT2D eigenvalue weighted by Crippen LogP contribution is 2.00. The zero-order valence-electron chi connectivity index (χ0n) is 11.5. The molecule has 0 unspecified atom stereocenters. The molecule has 1 radical (unpaired) electrons. The molecule has 6 nitrogen and oxygen atoms in total. The molecule has 0 aliphatic carbocycles. The number of carbonyl (C=O) groups excluding carboxylic acids is 2. The van der Waals surface area contributed by atoms with E-state index in [1.165, 1.54) is 11.3 Å². The Morgan fingerprint density at radius 2 is 2.05 bits per heavy atom. The van der Waals surface area contributed by atoms with Crippen molar-refractivity contribution in [2.24, 2.45) is 5.73 Å². The van der Waals surface area contributed by atoms with Crippen LogP contribution in [-0.2, 0) is 16.1 Å². The standard InChI is InChI=1S/C14H20N3O3/c1-17(14(15)19)9-8-16-13(18)7-10-20-11-12-5-3-2-4-6-12/h2-7H,8-11H2,1H3,(H2,15,19)(H,16,18). The SMILES string of the molecule is CN(CCNC(=O)[CH]COCc1ccccc1)C(N)=O. The van der Waals surface area contributed by atoms with E-state index in [0.29, 0.717) is 19.7 Å². The van der Waals surface area contributed by atoms with Crippen LogP contribution in [0.15, 0.2) is 30.3 Å². The normalized spacial score (nSPS) is 10.1. The van der Waals surface area contributed by atoms with Gasteiger partial charge >= 0.3 is 6.03 Å². The molecule has 0 saturated carbocycles. The van der Waals surface area contributed by atoms with Crippen LogP contribution in [0.3, 0.4) is 0 Å². The van der Waals surface area contributed by atoms with Crippen molar-refractivity contribution in [2.75, 3.05) is 26.7 Å². The van der Waals surface area contributed by atoms with Crippen molar-refractivity contribution in [1.82, 2.24) is 10.2 Å². The van der Waals surface area contributed by atoms with Crippen molar-refractivity contribution >= 4 is 11.9 Å². The second kappa shape index (κ2) is 8.92. The average molecular weight is 278 g/mol. The van der Waals surface area contributed by atoms with Gasteiger partial charge in [0, 0.05) is 20.1 Å². The van der Waals surface area contributed by atoms with E-state index in [2.05, 4.69) is 5.32 Å². The molecule has 0 fully saturated rings. The van der Waals surface area contributed by atoms with Gasteiger partial charge in [-0.05, 0) is 5.56 Å². The Morgan fingerprint density at radius 1 is 1.35 bits per heavy atom. The number of urea groups is 1. The number of primary amides is 1. The Hall–Kier alpha value is -2.08. The van der Waals surface area contributed by atoms with Gasteiger partial charge in [-0.2, -0.15) is 0 Å². The summed E-state index contributed by atoms with van der Waals surface area (Å²) in [7, 11) is 1.57. The molecule has 1 rings (SSSR count). The number of hydrogen-bond donors (Lipinski definition) is 2. The predicted molar refractivity (Wildman–Crippen MR) is 75.6 cm³/mol. The van der Waals surface area contributed by atoms with Crippen molar-refractivity contribution in [3.63, 3.8) is 0 Å². The third-order valence-corrected chi connectivity index (χ3v) is 2.62. The van der Waals surface area contributed by atoms with Gasteiger partial charge in [-0.25, -0.2) is 4.79 Å². The molecular weight excluding hydrogens is 258 g/mol. The van der Waals surface area contributed by atoms with E-state index in [4.69, 9.17) is 10.5 Å². The quantitative estimate of drug-likeness (QED) is 0.680. The summed E-state index contributed by atoms with van der Waals surface area (Å²) in [5, 5.41) is 2.64. The highest BCUT2D eigenvalue weighted by molar-refractivity contribution is 5.84. The highest BCUT2D eigenvalue weighted by Gasteiger charge is 2.05. The monoisotopic (exact) mass is 278 g/mol. The van der Waals surface area contributed by atoms with Crippen molar-refractivity contribution in [2.45, 2.75) is 6.61 Å². The molecule has 0 atom stereocenters. The van der Waals surface area contributed by atoms with Crippen LogP contribution in [0.4, 0.5) is 4.79 Å². The molecular formula is C14H20N3O3. The zero-order valence-corrected chi connectivity index (χ0v) is 11.5. The summed E-state index contributed by atoms with van der Waals surface area (Å²) in [4.78, 5) is 23.5. The zero-order chi connectivity index (χ0) is 14.8. The Balaban J connectivity index is 2.04. The van der Waals surface area contributed by atoms with Crippen LogP contribution in [0.1, 0.15) is 5.56 Å². The highest BCUT2D eigenvalue weighted by atomic mass is 16.5. The van der Waals surface area contributed by atoms with E-state index in [9.17, 15) is 9.59 Å². The number of ether oxygens (including phenoxy) is 1. The van der Waals surface area contributed by atoms with Crippen molar-refractivity contribution in [1.29, 1.82) is 0 Å².